The normalized spacial score (nSPS) is 22.7. The van der Waals surface area contributed by atoms with E-state index >= 15 is 0 Å². The van der Waals surface area contributed by atoms with Gasteiger partial charge in [-0.05, 0) is 41.0 Å². The molecule has 0 amide bonds. The predicted molar refractivity (Wildman–Crippen MR) is 70.4 cm³/mol. The van der Waals surface area contributed by atoms with Crippen LogP contribution in [0.4, 0.5) is 13.2 Å². The van der Waals surface area contributed by atoms with E-state index in [0.717, 1.165) is 0 Å². The summed E-state index contributed by atoms with van der Waals surface area (Å²) in [7, 11) is 0. The van der Waals surface area contributed by atoms with Crippen molar-refractivity contribution < 1.29 is 17.7 Å². The van der Waals surface area contributed by atoms with E-state index in [-0.39, 0.29) is 25.3 Å². The Hall–Kier alpha value is -1.48. The van der Waals surface area contributed by atoms with Crippen LogP contribution in [0.2, 0.25) is 0 Å². The second-order valence-electron chi connectivity index (χ2n) is 4.76. The molecule has 0 aromatic carbocycles. The monoisotopic (exact) mass is 362 g/mol. The first-order valence-corrected chi connectivity index (χ1v) is 6.96. The molecule has 5 nitrogen and oxygen atoms in total. The van der Waals surface area contributed by atoms with Gasteiger partial charge in [0, 0.05) is 17.2 Å². The Kier molecular flexibility index (Phi) is 3.48. The molecule has 0 bridgehead atoms. The van der Waals surface area contributed by atoms with Crippen LogP contribution in [0.15, 0.2) is 27.3 Å². The van der Waals surface area contributed by atoms with E-state index in [9.17, 15) is 13.2 Å². The Bertz CT molecular complexity index is 652. The molecule has 112 valence electrons. The Morgan fingerprint density at radius 2 is 2.19 bits per heavy atom. The van der Waals surface area contributed by atoms with E-state index in [0.29, 0.717) is 10.2 Å². The molecule has 0 aliphatic carbocycles. The van der Waals surface area contributed by atoms with E-state index in [2.05, 4.69) is 36.4 Å². The van der Waals surface area contributed by atoms with Gasteiger partial charge in [-0.15, -0.1) is 0 Å². The molecule has 1 fully saturated rings. The third-order valence-corrected chi connectivity index (χ3v) is 4.14. The molecule has 1 N–H and O–H groups in total. The Balaban J connectivity index is 2.04. The van der Waals surface area contributed by atoms with Crippen LogP contribution in [-0.4, -0.2) is 34.4 Å². The highest BCUT2D eigenvalue weighted by Gasteiger charge is 2.61. The summed E-state index contributed by atoms with van der Waals surface area (Å²) in [6, 6.07) is 3.39. The van der Waals surface area contributed by atoms with Crippen LogP contribution in [0.5, 0.6) is 0 Å². The molecule has 2 aromatic heterocycles. The fraction of sp³-hybridized carbons (Fsp3) is 0.417. The summed E-state index contributed by atoms with van der Waals surface area (Å²) >= 11 is 3.26. The minimum atomic E-state index is -4.46. The zero-order valence-electron chi connectivity index (χ0n) is 10.6. The highest BCUT2D eigenvalue weighted by Crippen LogP contribution is 2.45. The van der Waals surface area contributed by atoms with Crippen LogP contribution in [-0.2, 0) is 5.41 Å². The highest BCUT2D eigenvalue weighted by molar-refractivity contribution is 9.10. The van der Waals surface area contributed by atoms with Gasteiger partial charge in [-0.25, -0.2) is 0 Å². The molecule has 1 aliphatic heterocycles. The first kappa shape index (κ1) is 14.5. The van der Waals surface area contributed by atoms with Crippen molar-refractivity contribution in [1.29, 1.82) is 0 Å². The average Bonchev–Trinajstić information content (AvgIpc) is 3.08. The molecule has 0 radical (unpaired) electrons. The van der Waals surface area contributed by atoms with Gasteiger partial charge >= 0.3 is 6.18 Å². The number of hydrogen-bond acceptors (Lipinski definition) is 5. The third-order valence-electron chi connectivity index (χ3n) is 3.50. The summed E-state index contributed by atoms with van der Waals surface area (Å²) in [5, 5.41) is 6.35. The van der Waals surface area contributed by atoms with Crippen molar-refractivity contribution in [1.82, 2.24) is 20.4 Å². The average molecular weight is 363 g/mol. The van der Waals surface area contributed by atoms with Gasteiger partial charge in [-0.1, -0.05) is 5.16 Å². The Morgan fingerprint density at radius 1 is 1.38 bits per heavy atom. The molecule has 9 heteroatoms. The second-order valence-corrected chi connectivity index (χ2v) is 5.62. The van der Waals surface area contributed by atoms with Crippen molar-refractivity contribution >= 4 is 15.9 Å². The molecule has 3 rings (SSSR count). The van der Waals surface area contributed by atoms with Gasteiger partial charge in [0.1, 0.15) is 5.69 Å². The van der Waals surface area contributed by atoms with Crippen LogP contribution in [0, 0.1) is 0 Å². The summed E-state index contributed by atoms with van der Waals surface area (Å²) in [5.41, 5.74) is -1.78. The molecule has 1 unspecified atom stereocenters. The SMILES string of the molecule is FC(F)(F)C1(c2nc(-c3ncccc3Br)no2)CCNC1. The van der Waals surface area contributed by atoms with E-state index in [4.69, 9.17) is 4.52 Å². The van der Waals surface area contributed by atoms with E-state index < -0.39 is 17.5 Å². The van der Waals surface area contributed by atoms with Crippen LogP contribution in [0.25, 0.3) is 11.5 Å². The summed E-state index contributed by atoms with van der Waals surface area (Å²) in [5.74, 6) is -0.388. The molecular formula is C12H10BrF3N4O. The lowest BCUT2D eigenvalue weighted by atomic mass is 9.86. The number of alkyl halides is 3. The molecule has 0 spiro atoms. The van der Waals surface area contributed by atoms with Gasteiger partial charge in [-0.2, -0.15) is 18.2 Å². The van der Waals surface area contributed by atoms with Crippen LogP contribution in [0.1, 0.15) is 12.3 Å². The fourth-order valence-electron chi connectivity index (χ4n) is 2.30. The topological polar surface area (TPSA) is 63.8 Å². The molecule has 1 atom stereocenters. The van der Waals surface area contributed by atoms with Crippen molar-refractivity contribution in [3.05, 3.63) is 28.7 Å². The first-order chi connectivity index (χ1) is 9.94. The molecule has 0 saturated carbocycles. The number of halogens is 4. The summed E-state index contributed by atoms with van der Waals surface area (Å²) in [6.07, 6.45) is -3.07. The molecule has 21 heavy (non-hydrogen) atoms. The standard InChI is InChI=1S/C12H10BrF3N4O/c13-7-2-1-4-18-8(7)9-19-10(21-20-9)11(12(14,15)16)3-5-17-6-11/h1-2,4,17H,3,5-6H2. The van der Waals surface area contributed by atoms with Gasteiger partial charge in [0.25, 0.3) is 0 Å². The van der Waals surface area contributed by atoms with Gasteiger partial charge in [-0.3, -0.25) is 4.98 Å². The van der Waals surface area contributed by atoms with Crippen molar-refractivity contribution in [2.45, 2.75) is 18.0 Å². The Labute approximate surface area is 126 Å². The minimum Gasteiger partial charge on any atom is -0.338 e. The summed E-state index contributed by atoms with van der Waals surface area (Å²) in [6.45, 7) is -0.00791. The summed E-state index contributed by atoms with van der Waals surface area (Å²) < 4.78 is 45.7. The zero-order chi connectivity index (χ0) is 15.1. The van der Waals surface area contributed by atoms with E-state index in [1.54, 1.807) is 12.1 Å². The van der Waals surface area contributed by atoms with Crippen molar-refractivity contribution in [3.8, 4) is 11.5 Å². The number of aromatic nitrogens is 3. The van der Waals surface area contributed by atoms with Crippen LogP contribution >= 0.6 is 15.9 Å². The third kappa shape index (κ3) is 2.34. The number of rotatable bonds is 2. The maximum atomic E-state index is 13.4. The highest BCUT2D eigenvalue weighted by atomic mass is 79.9. The smallest absolute Gasteiger partial charge is 0.338 e. The lowest BCUT2D eigenvalue weighted by Gasteiger charge is -2.26. The number of hydrogen-bond donors (Lipinski definition) is 1. The van der Waals surface area contributed by atoms with Gasteiger partial charge in [0.15, 0.2) is 5.41 Å². The van der Waals surface area contributed by atoms with Crippen LogP contribution < -0.4 is 5.32 Å². The van der Waals surface area contributed by atoms with Gasteiger partial charge in [0.05, 0.1) is 0 Å². The maximum Gasteiger partial charge on any atom is 0.404 e. The molecular weight excluding hydrogens is 353 g/mol. The van der Waals surface area contributed by atoms with E-state index in [1.165, 1.54) is 6.20 Å². The predicted octanol–water partition coefficient (Wildman–Crippen LogP) is 2.69. The van der Waals surface area contributed by atoms with Crippen LogP contribution in [0.3, 0.4) is 0 Å². The van der Waals surface area contributed by atoms with Gasteiger partial charge < -0.3 is 9.84 Å². The molecule has 1 aliphatic rings. The quantitative estimate of drug-likeness (QED) is 0.889. The second kappa shape index (κ2) is 5.06. The largest absolute Gasteiger partial charge is 0.404 e. The van der Waals surface area contributed by atoms with E-state index in [1.807, 2.05) is 0 Å². The molecule has 2 aromatic rings. The minimum absolute atomic E-state index is 0.0352. The number of pyridine rings is 1. The molecule has 1 saturated heterocycles. The maximum absolute atomic E-state index is 13.4. The lowest BCUT2D eigenvalue weighted by Crippen LogP contribution is -2.44. The molecule has 3 heterocycles. The number of nitrogens with zero attached hydrogens (tertiary/aromatic N) is 3. The first-order valence-electron chi connectivity index (χ1n) is 6.16. The zero-order valence-corrected chi connectivity index (χ0v) is 12.2. The summed E-state index contributed by atoms with van der Waals surface area (Å²) in [4.78, 5) is 7.98. The number of nitrogens with one attached hydrogen (secondary N) is 1. The van der Waals surface area contributed by atoms with Crippen molar-refractivity contribution in [2.24, 2.45) is 0 Å². The Morgan fingerprint density at radius 3 is 2.81 bits per heavy atom. The fourth-order valence-corrected chi connectivity index (χ4v) is 2.73. The van der Waals surface area contributed by atoms with Crippen molar-refractivity contribution in [3.63, 3.8) is 0 Å². The lowest BCUT2D eigenvalue weighted by molar-refractivity contribution is -0.191. The van der Waals surface area contributed by atoms with Gasteiger partial charge in [0.2, 0.25) is 11.7 Å². The van der Waals surface area contributed by atoms with Crippen molar-refractivity contribution in [2.75, 3.05) is 13.1 Å².